The summed E-state index contributed by atoms with van der Waals surface area (Å²) in [7, 11) is 1.26. The summed E-state index contributed by atoms with van der Waals surface area (Å²) in [4.78, 5) is 39.8. The maximum absolute atomic E-state index is 13.3. The van der Waals surface area contributed by atoms with Crippen LogP contribution in [-0.2, 0) is 19.1 Å². The Bertz CT molecular complexity index is 1450. The number of methoxy groups -OCH3 is 1. The second-order valence-corrected chi connectivity index (χ2v) is 9.34. The number of nitrogens with one attached hydrogen (secondary N) is 1. The summed E-state index contributed by atoms with van der Waals surface area (Å²) in [6, 6.07) is 19.8. The highest BCUT2D eigenvalue weighted by molar-refractivity contribution is 6.31. The number of hydrogen-bond acceptors (Lipinski definition) is 6. The Hall–Kier alpha value is -4.36. The Morgan fingerprint density at radius 3 is 2.29 bits per heavy atom. The predicted octanol–water partition coefficient (Wildman–Crippen LogP) is 5.85. The first-order valence-electron chi connectivity index (χ1n) is 11.9. The number of nitrogens with zero attached hydrogens (tertiary/aromatic N) is 1. The van der Waals surface area contributed by atoms with Gasteiger partial charge in [0.2, 0.25) is 5.78 Å². The molecule has 0 saturated heterocycles. The van der Waals surface area contributed by atoms with E-state index in [2.05, 4.69) is 5.32 Å². The monoisotopic (exact) mass is 530 g/mol. The zero-order chi connectivity index (χ0) is 27.4. The second kappa shape index (κ2) is 11.4. The van der Waals surface area contributed by atoms with Crippen molar-refractivity contribution in [1.29, 1.82) is 0 Å². The number of esters is 1. The van der Waals surface area contributed by atoms with Gasteiger partial charge in [-0.05, 0) is 86.0 Å². The first-order chi connectivity index (χ1) is 18.2. The third-order valence-electron chi connectivity index (χ3n) is 5.91. The van der Waals surface area contributed by atoms with E-state index in [1.165, 1.54) is 7.11 Å². The number of carbonyl (C=O) groups is 3. The summed E-state index contributed by atoms with van der Waals surface area (Å²) in [6.07, 6.45) is 1.72. The molecular weight excluding hydrogens is 504 g/mol. The van der Waals surface area contributed by atoms with E-state index >= 15 is 0 Å². The van der Waals surface area contributed by atoms with E-state index in [-0.39, 0.29) is 18.1 Å². The molecule has 1 heterocycles. The highest BCUT2D eigenvalue weighted by atomic mass is 35.5. The zero-order valence-corrected chi connectivity index (χ0v) is 22.3. The minimum atomic E-state index is -0.676. The lowest BCUT2D eigenvalue weighted by Gasteiger charge is -2.22. The van der Waals surface area contributed by atoms with Crippen molar-refractivity contribution in [2.45, 2.75) is 20.8 Å². The molecule has 0 fully saturated rings. The van der Waals surface area contributed by atoms with Gasteiger partial charge in [-0.2, -0.15) is 0 Å². The van der Waals surface area contributed by atoms with E-state index in [0.717, 1.165) is 22.4 Å². The van der Waals surface area contributed by atoms with Gasteiger partial charge in [-0.1, -0.05) is 35.9 Å². The molecule has 0 radical (unpaired) electrons. The Labute approximate surface area is 226 Å². The first kappa shape index (κ1) is 26.7. The zero-order valence-electron chi connectivity index (χ0n) is 21.5. The van der Waals surface area contributed by atoms with Crippen molar-refractivity contribution < 1.29 is 23.9 Å². The van der Waals surface area contributed by atoms with Gasteiger partial charge >= 0.3 is 5.97 Å². The van der Waals surface area contributed by atoms with E-state index in [1.807, 2.05) is 32.0 Å². The molecule has 0 saturated carbocycles. The van der Waals surface area contributed by atoms with Gasteiger partial charge in [0, 0.05) is 22.1 Å². The Balaban J connectivity index is 1.54. The molecule has 1 aliphatic rings. The normalized spacial score (nSPS) is 14.2. The molecule has 3 aromatic carbocycles. The molecule has 1 aliphatic heterocycles. The van der Waals surface area contributed by atoms with Crippen LogP contribution < -0.4 is 15.0 Å². The minimum absolute atomic E-state index is 0.00331. The molecule has 194 valence electrons. The third kappa shape index (κ3) is 5.95. The smallest absolute Gasteiger partial charge is 0.343 e. The van der Waals surface area contributed by atoms with E-state index in [4.69, 9.17) is 21.1 Å². The number of aryl methyl sites for hydroxylation is 2. The average Bonchev–Trinajstić information content (AvgIpc) is 3.11. The lowest BCUT2D eigenvalue weighted by atomic mass is 10.1. The standard InChI is InChI=1S/C30H27ClN2O5/c1-18-12-19(2)14-24(13-18)33-20(3)28(30(36)37-4)29(35)26(33)15-21-8-10-25(11-9-21)38-17-27(34)32-23-7-5-6-22(31)16-23/h5-16H,17H2,1-4H3,(H,32,34)/b26-15-. The largest absolute Gasteiger partial charge is 0.484 e. The molecule has 0 atom stereocenters. The summed E-state index contributed by atoms with van der Waals surface area (Å²) in [5.74, 6) is -0.922. The maximum atomic E-state index is 13.3. The van der Waals surface area contributed by atoms with Crippen LogP contribution in [0.2, 0.25) is 5.02 Å². The van der Waals surface area contributed by atoms with Gasteiger partial charge in [-0.25, -0.2) is 4.79 Å². The average molecular weight is 531 g/mol. The summed E-state index contributed by atoms with van der Waals surface area (Å²) in [6.45, 7) is 5.50. The van der Waals surface area contributed by atoms with Crippen LogP contribution in [0.3, 0.4) is 0 Å². The fourth-order valence-electron chi connectivity index (χ4n) is 4.30. The Morgan fingerprint density at radius 2 is 1.66 bits per heavy atom. The van der Waals surface area contributed by atoms with Crippen LogP contribution in [-0.4, -0.2) is 31.4 Å². The van der Waals surface area contributed by atoms with Crippen LogP contribution in [0.15, 0.2) is 83.7 Å². The van der Waals surface area contributed by atoms with Gasteiger partial charge in [-0.15, -0.1) is 0 Å². The van der Waals surface area contributed by atoms with Gasteiger partial charge in [-0.3, -0.25) is 9.59 Å². The number of amides is 1. The van der Waals surface area contributed by atoms with Gasteiger partial charge in [0.05, 0.1) is 12.8 Å². The molecule has 4 rings (SSSR count). The molecule has 0 aromatic heterocycles. The summed E-state index contributed by atoms with van der Waals surface area (Å²) in [5.41, 5.74) is 4.99. The fourth-order valence-corrected chi connectivity index (χ4v) is 4.49. The van der Waals surface area contributed by atoms with Crippen molar-refractivity contribution in [2.24, 2.45) is 0 Å². The predicted molar refractivity (Wildman–Crippen MR) is 148 cm³/mol. The molecule has 0 aliphatic carbocycles. The van der Waals surface area contributed by atoms with Crippen LogP contribution >= 0.6 is 11.6 Å². The number of Topliss-reactive ketones (excluding diaryl/α,β-unsaturated/α-hetero) is 1. The molecule has 1 N–H and O–H groups in total. The molecule has 1 amide bonds. The number of rotatable bonds is 7. The van der Waals surface area contributed by atoms with Crippen LogP contribution in [0.25, 0.3) is 6.08 Å². The SMILES string of the molecule is COC(=O)C1=C(C)N(c2cc(C)cc(C)c2)/C(=C\c2ccc(OCC(=O)Nc3cccc(Cl)c3)cc2)C1=O. The highest BCUT2D eigenvalue weighted by Gasteiger charge is 2.38. The number of hydrogen-bond donors (Lipinski definition) is 1. The van der Waals surface area contributed by atoms with E-state index in [1.54, 1.807) is 66.4 Å². The number of halogens is 1. The van der Waals surface area contributed by atoms with Crippen molar-refractivity contribution in [3.8, 4) is 5.75 Å². The first-order valence-corrected chi connectivity index (χ1v) is 12.3. The fraction of sp³-hybridized carbons (Fsp3) is 0.167. The van der Waals surface area contributed by atoms with Gasteiger partial charge in [0.25, 0.3) is 5.91 Å². The lowest BCUT2D eigenvalue weighted by molar-refractivity contribution is -0.137. The van der Waals surface area contributed by atoms with Crippen LogP contribution in [0.1, 0.15) is 23.6 Å². The van der Waals surface area contributed by atoms with Crippen LogP contribution in [0, 0.1) is 13.8 Å². The molecule has 0 unspecified atom stereocenters. The number of allylic oxidation sites excluding steroid dienone is 2. The Kier molecular flexibility index (Phi) is 7.98. The highest BCUT2D eigenvalue weighted by Crippen LogP contribution is 2.36. The van der Waals surface area contributed by atoms with Crippen molar-refractivity contribution in [2.75, 3.05) is 23.9 Å². The summed E-state index contributed by atoms with van der Waals surface area (Å²) < 4.78 is 10.5. The van der Waals surface area contributed by atoms with E-state index in [9.17, 15) is 14.4 Å². The van der Waals surface area contributed by atoms with Crippen LogP contribution in [0.5, 0.6) is 5.75 Å². The molecular formula is C30H27ClN2O5. The van der Waals surface area contributed by atoms with Crippen molar-refractivity contribution in [1.82, 2.24) is 0 Å². The van der Waals surface area contributed by atoms with E-state index < -0.39 is 11.8 Å². The molecule has 38 heavy (non-hydrogen) atoms. The lowest BCUT2D eigenvalue weighted by Crippen LogP contribution is -2.20. The molecule has 8 heteroatoms. The molecule has 0 spiro atoms. The van der Waals surface area contributed by atoms with Crippen LogP contribution in [0.4, 0.5) is 11.4 Å². The second-order valence-electron chi connectivity index (χ2n) is 8.91. The van der Waals surface area contributed by atoms with Gasteiger partial charge in [0.1, 0.15) is 11.3 Å². The van der Waals surface area contributed by atoms with Gasteiger partial charge < -0.3 is 19.7 Å². The number of ether oxygens (including phenoxy) is 2. The van der Waals surface area contributed by atoms with Gasteiger partial charge in [0.15, 0.2) is 6.61 Å². The maximum Gasteiger partial charge on any atom is 0.343 e. The topological polar surface area (TPSA) is 84.9 Å². The molecule has 0 bridgehead atoms. The van der Waals surface area contributed by atoms with Crippen molar-refractivity contribution in [3.63, 3.8) is 0 Å². The summed E-state index contributed by atoms with van der Waals surface area (Å²) in [5, 5.41) is 3.25. The number of carbonyl (C=O) groups excluding carboxylic acids is 3. The Morgan fingerprint density at radius 1 is 0.974 bits per heavy atom. The summed E-state index contributed by atoms with van der Waals surface area (Å²) >= 11 is 5.95. The van der Waals surface area contributed by atoms with Crippen molar-refractivity contribution in [3.05, 3.63) is 105 Å². The quantitative estimate of drug-likeness (QED) is 0.234. The number of ketones is 1. The molecule has 3 aromatic rings. The van der Waals surface area contributed by atoms with Crippen molar-refractivity contribution >= 4 is 46.7 Å². The third-order valence-corrected chi connectivity index (χ3v) is 6.15. The van der Waals surface area contributed by atoms with E-state index in [0.29, 0.717) is 27.9 Å². The number of benzene rings is 3. The minimum Gasteiger partial charge on any atom is -0.484 e. The number of anilines is 2. The molecule has 7 nitrogen and oxygen atoms in total.